The van der Waals surface area contributed by atoms with Crippen LogP contribution in [-0.2, 0) is 30.5 Å². The molecule has 0 unspecified atom stereocenters. The number of methoxy groups -OCH3 is 1. The van der Waals surface area contributed by atoms with Gasteiger partial charge in [0, 0.05) is 12.5 Å². The SMILES string of the molecule is COC(=O)[C@@H]1C[C@@H]2CN1C(=O)[C@H](C(C)(C)C)CC(=O)O[C@@H]1C[C@@H]3C[C@@H]3[C@H]1CCC/C=C/c1nc3ccc(OCc4ccccc4)cc3nc1O2. The summed E-state index contributed by atoms with van der Waals surface area (Å²) in [5.74, 6) is 0.703. The molecule has 3 aromatic rings. The van der Waals surface area contributed by atoms with Crippen LogP contribution < -0.4 is 9.47 Å². The van der Waals surface area contributed by atoms with Crippen molar-refractivity contribution in [2.75, 3.05) is 13.7 Å². The van der Waals surface area contributed by atoms with E-state index in [2.05, 4.69) is 6.08 Å². The van der Waals surface area contributed by atoms with E-state index in [0.29, 0.717) is 52.7 Å². The van der Waals surface area contributed by atoms with Gasteiger partial charge in [0.1, 0.15) is 36.3 Å². The third-order valence-corrected chi connectivity index (χ3v) is 10.9. The molecule has 2 aliphatic carbocycles. The van der Waals surface area contributed by atoms with Crippen molar-refractivity contribution in [2.24, 2.45) is 29.1 Å². The fourth-order valence-corrected chi connectivity index (χ4v) is 8.07. The van der Waals surface area contributed by atoms with Gasteiger partial charge in [0.2, 0.25) is 11.8 Å². The first kappa shape index (κ1) is 34.0. The Bertz CT molecular complexity index is 1770. The van der Waals surface area contributed by atoms with Crippen LogP contribution in [-0.4, -0.2) is 64.6 Å². The fraction of sp³-hybridized carbons (Fsp3) is 0.525. The minimum Gasteiger partial charge on any atom is -0.489 e. The molecule has 3 fully saturated rings. The largest absolute Gasteiger partial charge is 0.489 e. The molecule has 10 heteroatoms. The Morgan fingerprint density at radius 2 is 1.80 bits per heavy atom. The number of ether oxygens (including phenoxy) is 4. The zero-order valence-corrected chi connectivity index (χ0v) is 29.4. The number of fused-ring (bicyclic) bond motifs is 7. The topological polar surface area (TPSA) is 117 Å². The van der Waals surface area contributed by atoms with E-state index in [-0.39, 0.29) is 37.4 Å². The minimum atomic E-state index is -0.864. The fourth-order valence-electron chi connectivity index (χ4n) is 8.07. The maximum Gasteiger partial charge on any atom is 0.328 e. The molecule has 2 aliphatic heterocycles. The average molecular weight is 682 g/mol. The summed E-state index contributed by atoms with van der Waals surface area (Å²) in [5, 5.41) is 0. The van der Waals surface area contributed by atoms with Crippen LogP contribution in [0.1, 0.15) is 77.0 Å². The molecule has 0 N–H and O–H groups in total. The molecule has 3 heterocycles. The third kappa shape index (κ3) is 7.35. The molecule has 0 radical (unpaired) electrons. The highest BCUT2D eigenvalue weighted by Gasteiger charge is 2.54. The Labute approximate surface area is 293 Å². The second kappa shape index (κ2) is 14.0. The van der Waals surface area contributed by atoms with E-state index in [4.69, 9.17) is 28.9 Å². The van der Waals surface area contributed by atoms with Crippen molar-refractivity contribution < 1.29 is 33.3 Å². The van der Waals surface area contributed by atoms with Gasteiger partial charge in [0.15, 0.2) is 0 Å². The third-order valence-electron chi connectivity index (χ3n) is 10.9. The number of esters is 2. The molecule has 264 valence electrons. The van der Waals surface area contributed by atoms with Gasteiger partial charge < -0.3 is 23.8 Å². The van der Waals surface area contributed by atoms with Crippen LogP contribution in [0.15, 0.2) is 54.6 Å². The summed E-state index contributed by atoms with van der Waals surface area (Å²) < 4.78 is 23.9. The van der Waals surface area contributed by atoms with E-state index in [0.717, 1.165) is 31.2 Å². The molecule has 1 saturated heterocycles. The van der Waals surface area contributed by atoms with Crippen LogP contribution in [0.3, 0.4) is 0 Å². The molecule has 0 spiro atoms. The maximum atomic E-state index is 14.3. The molecule has 1 amide bonds. The minimum absolute atomic E-state index is 0.0471. The molecular weight excluding hydrogens is 634 g/mol. The van der Waals surface area contributed by atoms with Crippen LogP contribution in [0, 0.1) is 29.1 Å². The van der Waals surface area contributed by atoms with E-state index in [1.807, 2.05) is 75.4 Å². The van der Waals surface area contributed by atoms with Crippen LogP contribution in [0.25, 0.3) is 17.1 Å². The Kier molecular flexibility index (Phi) is 9.55. The van der Waals surface area contributed by atoms with Crippen molar-refractivity contribution in [3.05, 3.63) is 65.9 Å². The van der Waals surface area contributed by atoms with Crippen molar-refractivity contribution in [1.29, 1.82) is 0 Å². The molecule has 50 heavy (non-hydrogen) atoms. The second-order valence-corrected chi connectivity index (χ2v) is 15.4. The number of amides is 1. The lowest BCUT2D eigenvalue weighted by atomic mass is 9.77. The van der Waals surface area contributed by atoms with Crippen molar-refractivity contribution >= 4 is 35.0 Å². The second-order valence-electron chi connectivity index (χ2n) is 15.4. The Morgan fingerprint density at radius 3 is 2.58 bits per heavy atom. The van der Waals surface area contributed by atoms with E-state index >= 15 is 0 Å². The number of hydrogen-bond acceptors (Lipinski definition) is 9. The summed E-state index contributed by atoms with van der Waals surface area (Å²) in [6.45, 7) is 6.39. The molecule has 7 rings (SSSR count). The van der Waals surface area contributed by atoms with Crippen LogP contribution in [0.4, 0.5) is 0 Å². The summed E-state index contributed by atoms with van der Waals surface area (Å²) in [7, 11) is 1.32. The molecule has 2 aromatic carbocycles. The monoisotopic (exact) mass is 681 g/mol. The van der Waals surface area contributed by atoms with E-state index < -0.39 is 29.4 Å². The Morgan fingerprint density at radius 1 is 0.980 bits per heavy atom. The van der Waals surface area contributed by atoms with E-state index in [9.17, 15) is 14.4 Å². The van der Waals surface area contributed by atoms with Crippen LogP contribution >= 0.6 is 0 Å². The van der Waals surface area contributed by atoms with Crippen molar-refractivity contribution in [3.63, 3.8) is 0 Å². The summed E-state index contributed by atoms with van der Waals surface area (Å²) >= 11 is 0. The van der Waals surface area contributed by atoms with Crippen molar-refractivity contribution in [3.8, 4) is 11.6 Å². The smallest absolute Gasteiger partial charge is 0.328 e. The first-order valence-corrected chi connectivity index (χ1v) is 18.0. The number of benzene rings is 2. The highest BCUT2D eigenvalue weighted by Crippen LogP contribution is 2.58. The van der Waals surface area contributed by atoms with Gasteiger partial charge in [-0.3, -0.25) is 9.59 Å². The number of rotatable bonds is 4. The molecule has 10 nitrogen and oxygen atoms in total. The Hall–Kier alpha value is -4.47. The maximum absolute atomic E-state index is 14.3. The normalized spacial score (nSPS) is 29.0. The van der Waals surface area contributed by atoms with Crippen LogP contribution in [0.2, 0.25) is 0 Å². The number of nitrogens with zero attached hydrogens (tertiary/aromatic N) is 3. The number of allylic oxidation sites excluding steroid dienone is 1. The van der Waals surface area contributed by atoms with Gasteiger partial charge in [-0.05, 0) is 79.0 Å². The lowest BCUT2D eigenvalue weighted by molar-refractivity contribution is -0.160. The van der Waals surface area contributed by atoms with E-state index in [1.54, 1.807) is 0 Å². The van der Waals surface area contributed by atoms with Crippen molar-refractivity contribution in [2.45, 2.75) is 90.6 Å². The molecule has 2 bridgehead atoms. The highest BCUT2D eigenvalue weighted by molar-refractivity contribution is 5.89. The standard InChI is InChI=1S/C40H47N3O7/c1-40(2,3)30-21-36(44)50-35-18-25-17-29(25)28(35)13-9-6-10-14-32-37(49-27-20-34(39(46)47-4)43(22-27)38(30)45)42-33-19-26(15-16-31(33)41-32)48-23-24-11-7-5-8-12-24/h5,7-8,10-12,14-16,19,25,27-30,34-35H,6,9,13,17-18,20-23H2,1-4H3/b14-10+/t25-,27+,28+,29-,30+,34-,35+/m0/s1. The van der Waals surface area contributed by atoms with Crippen molar-refractivity contribution in [1.82, 2.24) is 14.9 Å². The first-order valence-electron chi connectivity index (χ1n) is 18.0. The van der Waals surface area contributed by atoms with Gasteiger partial charge in [0.25, 0.3) is 0 Å². The Balaban J connectivity index is 1.21. The highest BCUT2D eigenvalue weighted by atomic mass is 16.5. The van der Waals surface area contributed by atoms with Gasteiger partial charge in [-0.15, -0.1) is 0 Å². The quantitative estimate of drug-likeness (QED) is 0.283. The average Bonchev–Trinajstić information content (AvgIpc) is 3.59. The summed E-state index contributed by atoms with van der Waals surface area (Å²) in [6.07, 6.45) is 8.41. The number of aromatic nitrogens is 2. The number of hydrogen-bond donors (Lipinski definition) is 0. The van der Waals surface area contributed by atoms with Gasteiger partial charge in [0.05, 0.1) is 37.0 Å². The zero-order chi connectivity index (χ0) is 35.0. The van der Waals surface area contributed by atoms with Gasteiger partial charge in [-0.25, -0.2) is 14.8 Å². The molecule has 4 aliphatic rings. The first-order chi connectivity index (χ1) is 24.1. The lowest BCUT2D eigenvalue weighted by Crippen LogP contribution is -2.48. The predicted molar refractivity (Wildman–Crippen MR) is 187 cm³/mol. The zero-order valence-electron chi connectivity index (χ0n) is 29.4. The van der Waals surface area contributed by atoms with Gasteiger partial charge >= 0.3 is 11.9 Å². The van der Waals surface area contributed by atoms with Crippen LogP contribution in [0.5, 0.6) is 11.6 Å². The number of carbonyl (C=O) groups excluding carboxylic acids is 3. The number of carbonyl (C=O) groups is 3. The summed E-state index contributed by atoms with van der Waals surface area (Å²) in [5.41, 5.74) is 2.39. The molecule has 7 atom stereocenters. The van der Waals surface area contributed by atoms with Gasteiger partial charge in [-0.1, -0.05) is 57.2 Å². The molecule has 2 saturated carbocycles. The molecular formula is C40H47N3O7. The predicted octanol–water partition coefficient (Wildman–Crippen LogP) is 6.55. The van der Waals surface area contributed by atoms with Gasteiger partial charge in [-0.2, -0.15) is 0 Å². The summed E-state index contributed by atoms with van der Waals surface area (Å²) in [4.78, 5) is 52.3. The molecule has 1 aromatic heterocycles. The van der Waals surface area contributed by atoms with E-state index in [1.165, 1.54) is 18.4 Å². The summed E-state index contributed by atoms with van der Waals surface area (Å²) in [6, 6.07) is 14.7. The lowest BCUT2D eigenvalue weighted by Gasteiger charge is -2.34.